The van der Waals surface area contributed by atoms with Crippen molar-refractivity contribution in [3.63, 3.8) is 0 Å². The number of methoxy groups -OCH3 is 2. The van der Waals surface area contributed by atoms with E-state index < -0.39 is 0 Å². The summed E-state index contributed by atoms with van der Waals surface area (Å²) in [7, 11) is 3.18. The molecule has 4 rings (SSSR count). The van der Waals surface area contributed by atoms with Crippen molar-refractivity contribution >= 4 is 67.3 Å². The van der Waals surface area contributed by atoms with Crippen molar-refractivity contribution < 1.29 is 19.1 Å². The molecule has 0 atom stereocenters. The molecule has 6 nitrogen and oxygen atoms in total. The van der Waals surface area contributed by atoms with Crippen LogP contribution in [0.4, 0.5) is 5.69 Å². The lowest BCUT2D eigenvalue weighted by Gasteiger charge is -2.16. The minimum absolute atomic E-state index is 0.148. The number of hydrogen-bond donors (Lipinski definition) is 0. The number of halogens is 1. The number of anilines is 1. The van der Waals surface area contributed by atoms with Gasteiger partial charge in [-0.15, -0.1) is 0 Å². The van der Waals surface area contributed by atoms with Gasteiger partial charge in [0.05, 0.1) is 30.4 Å². The molecule has 2 aromatic rings. The van der Waals surface area contributed by atoms with Gasteiger partial charge in [-0.05, 0) is 48.7 Å². The molecule has 0 spiro atoms. The second-order valence-corrected chi connectivity index (χ2v) is 10.1. The summed E-state index contributed by atoms with van der Waals surface area (Å²) in [6.07, 6.45) is 1.41. The van der Waals surface area contributed by atoms with Gasteiger partial charge < -0.3 is 14.4 Å². The van der Waals surface area contributed by atoms with Crippen molar-refractivity contribution in [1.82, 2.24) is 4.90 Å². The number of thiocarbonyl (C=S) groups is 1. The van der Waals surface area contributed by atoms with E-state index in [2.05, 4.69) is 15.9 Å². The zero-order chi connectivity index (χ0) is 23.7. The third kappa shape index (κ3) is 4.41. The maximum absolute atomic E-state index is 13.4. The van der Waals surface area contributed by atoms with Crippen molar-refractivity contribution in [2.45, 2.75) is 19.8 Å². The van der Waals surface area contributed by atoms with Gasteiger partial charge in [-0.2, -0.15) is 0 Å². The number of nitrogens with zero attached hydrogens (tertiary/aromatic N) is 2. The molecule has 1 fully saturated rings. The molecule has 0 aliphatic carbocycles. The molecule has 9 heteroatoms. The standard InChI is InChI=1S/C24H23BrN2O4S2/c1-4-10-26-17-7-6-15(25)13-16(17)20(22(26)28)21-23(29)27(24(32)33-21)11-9-14-5-8-18(30-2)19(12-14)31-3/h5-8,12-13H,4,9-11H2,1-3H3. The summed E-state index contributed by atoms with van der Waals surface area (Å²) in [5, 5.41) is 0. The molecule has 2 aromatic carbocycles. The highest BCUT2D eigenvalue weighted by Crippen LogP contribution is 2.45. The summed E-state index contributed by atoms with van der Waals surface area (Å²) in [4.78, 5) is 30.4. The Morgan fingerprint density at radius 1 is 0.970 bits per heavy atom. The number of fused-ring (bicyclic) bond motifs is 1. The van der Waals surface area contributed by atoms with Crippen LogP contribution in [0, 0.1) is 0 Å². The fraction of sp³-hybridized carbons (Fsp3) is 0.292. The van der Waals surface area contributed by atoms with E-state index in [9.17, 15) is 9.59 Å². The second-order valence-electron chi connectivity index (χ2n) is 7.59. The quantitative estimate of drug-likeness (QED) is 0.358. The van der Waals surface area contributed by atoms with Crippen molar-refractivity contribution in [1.29, 1.82) is 0 Å². The lowest BCUT2D eigenvalue weighted by Crippen LogP contribution is -2.31. The predicted molar refractivity (Wildman–Crippen MR) is 139 cm³/mol. The molecule has 33 heavy (non-hydrogen) atoms. The maximum atomic E-state index is 13.4. The molecule has 172 valence electrons. The molecule has 0 radical (unpaired) electrons. The molecule has 2 amide bonds. The summed E-state index contributed by atoms with van der Waals surface area (Å²) in [6, 6.07) is 11.4. The Bertz CT molecular complexity index is 1180. The van der Waals surface area contributed by atoms with Crippen LogP contribution in [0.1, 0.15) is 24.5 Å². The molecular formula is C24H23BrN2O4S2. The minimum atomic E-state index is -0.224. The van der Waals surface area contributed by atoms with Gasteiger partial charge in [0.1, 0.15) is 4.32 Å². The van der Waals surface area contributed by atoms with E-state index in [0.29, 0.717) is 45.8 Å². The molecule has 0 unspecified atom stereocenters. The average Bonchev–Trinajstić information content (AvgIpc) is 3.23. The smallest absolute Gasteiger partial charge is 0.267 e. The van der Waals surface area contributed by atoms with Crippen molar-refractivity contribution in [2.24, 2.45) is 0 Å². The molecule has 0 saturated carbocycles. The average molecular weight is 547 g/mol. The monoisotopic (exact) mass is 546 g/mol. The van der Waals surface area contributed by atoms with E-state index >= 15 is 0 Å². The van der Waals surface area contributed by atoms with Gasteiger partial charge in [-0.3, -0.25) is 14.5 Å². The summed E-state index contributed by atoms with van der Waals surface area (Å²) in [5.41, 5.74) is 3.03. The van der Waals surface area contributed by atoms with Gasteiger partial charge in [0.15, 0.2) is 11.5 Å². The number of amides is 2. The molecule has 1 saturated heterocycles. The van der Waals surface area contributed by atoms with E-state index in [1.807, 2.05) is 43.3 Å². The van der Waals surface area contributed by atoms with Crippen molar-refractivity contribution in [3.8, 4) is 11.5 Å². The number of thioether (sulfide) groups is 1. The van der Waals surface area contributed by atoms with Crippen LogP contribution in [0.25, 0.3) is 5.57 Å². The fourth-order valence-corrected chi connectivity index (χ4v) is 5.73. The lowest BCUT2D eigenvalue weighted by molar-refractivity contribution is -0.122. The molecule has 0 bridgehead atoms. The number of rotatable bonds is 7. The predicted octanol–water partition coefficient (Wildman–Crippen LogP) is 5.04. The van der Waals surface area contributed by atoms with Gasteiger partial charge in [0.2, 0.25) is 0 Å². The third-order valence-corrected chi connectivity index (χ3v) is 7.51. The number of benzene rings is 2. The van der Waals surface area contributed by atoms with Gasteiger partial charge in [-0.1, -0.05) is 52.9 Å². The highest BCUT2D eigenvalue weighted by atomic mass is 79.9. The number of hydrogen-bond acceptors (Lipinski definition) is 6. The molecule has 0 aromatic heterocycles. The van der Waals surface area contributed by atoms with Crippen LogP contribution in [0.3, 0.4) is 0 Å². The number of carbonyl (C=O) groups excluding carboxylic acids is 2. The summed E-state index contributed by atoms with van der Waals surface area (Å²) < 4.78 is 12.0. The zero-order valence-corrected chi connectivity index (χ0v) is 21.7. The third-order valence-electron chi connectivity index (χ3n) is 5.57. The van der Waals surface area contributed by atoms with Gasteiger partial charge >= 0.3 is 0 Å². The summed E-state index contributed by atoms with van der Waals surface area (Å²) in [6.45, 7) is 3.03. The molecular weight excluding hydrogens is 524 g/mol. The van der Waals surface area contributed by atoms with E-state index in [1.165, 1.54) is 11.8 Å². The first-order valence-corrected chi connectivity index (χ1v) is 12.5. The second kappa shape index (κ2) is 9.87. The first-order chi connectivity index (χ1) is 15.9. The van der Waals surface area contributed by atoms with Crippen LogP contribution >= 0.6 is 39.9 Å². The van der Waals surface area contributed by atoms with Crippen LogP contribution in [0.5, 0.6) is 11.5 Å². The first kappa shape index (κ1) is 23.8. The highest BCUT2D eigenvalue weighted by molar-refractivity contribution is 9.10. The number of carbonyl (C=O) groups is 2. The fourth-order valence-electron chi connectivity index (χ4n) is 3.99. The van der Waals surface area contributed by atoms with E-state index in [4.69, 9.17) is 21.7 Å². The van der Waals surface area contributed by atoms with Crippen LogP contribution < -0.4 is 14.4 Å². The van der Waals surface area contributed by atoms with Gasteiger partial charge in [-0.25, -0.2) is 0 Å². The Kier molecular flexibility index (Phi) is 7.11. The van der Waals surface area contributed by atoms with Gasteiger partial charge in [0, 0.05) is 23.1 Å². The van der Waals surface area contributed by atoms with E-state index in [0.717, 1.165) is 27.7 Å². The van der Waals surface area contributed by atoms with Gasteiger partial charge in [0.25, 0.3) is 11.8 Å². The lowest BCUT2D eigenvalue weighted by atomic mass is 10.1. The highest BCUT2D eigenvalue weighted by Gasteiger charge is 2.41. The molecule has 2 aliphatic rings. The topological polar surface area (TPSA) is 59.1 Å². The normalized spacial score (nSPS) is 17.8. The Hall–Kier alpha value is -2.36. The molecule has 2 aliphatic heterocycles. The van der Waals surface area contributed by atoms with Crippen molar-refractivity contribution in [3.05, 3.63) is 56.9 Å². The Morgan fingerprint density at radius 3 is 2.42 bits per heavy atom. The first-order valence-electron chi connectivity index (χ1n) is 10.5. The molecule has 0 N–H and O–H groups in total. The van der Waals surface area contributed by atoms with Crippen molar-refractivity contribution in [2.75, 3.05) is 32.2 Å². The Balaban J connectivity index is 1.62. The SMILES string of the molecule is CCCN1C(=O)C(=C2SC(=S)N(CCc3ccc(OC)c(OC)c3)C2=O)c2cc(Br)ccc21. The van der Waals surface area contributed by atoms with Crippen LogP contribution in [-0.2, 0) is 16.0 Å². The zero-order valence-electron chi connectivity index (χ0n) is 18.5. The minimum Gasteiger partial charge on any atom is -0.493 e. The van der Waals surface area contributed by atoms with Crippen LogP contribution in [-0.4, -0.2) is 48.3 Å². The largest absolute Gasteiger partial charge is 0.493 e. The Morgan fingerprint density at radius 2 is 1.73 bits per heavy atom. The van der Waals surface area contributed by atoms with Crippen LogP contribution in [0.15, 0.2) is 45.8 Å². The van der Waals surface area contributed by atoms with E-state index in [1.54, 1.807) is 24.0 Å². The number of ether oxygens (including phenoxy) is 2. The summed E-state index contributed by atoms with van der Waals surface area (Å²) in [5.74, 6) is 0.915. The summed E-state index contributed by atoms with van der Waals surface area (Å²) >= 11 is 10.2. The van der Waals surface area contributed by atoms with Crippen LogP contribution in [0.2, 0.25) is 0 Å². The maximum Gasteiger partial charge on any atom is 0.267 e. The Labute approximate surface area is 211 Å². The molecule has 2 heterocycles. The van der Waals surface area contributed by atoms with E-state index in [-0.39, 0.29) is 11.8 Å².